The maximum absolute atomic E-state index is 11.8. The van der Waals surface area contributed by atoms with Crippen molar-refractivity contribution in [2.45, 2.75) is 20.0 Å². The third-order valence-corrected chi connectivity index (χ3v) is 3.77. The quantitative estimate of drug-likeness (QED) is 0.797. The minimum atomic E-state index is -0.691. The van der Waals surface area contributed by atoms with Gasteiger partial charge in [0.2, 0.25) is 12.0 Å². The highest BCUT2D eigenvalue weighted by Crippen LogP contribution is 2.32. The average molecular weight is 310 g/mol. The maximum atomic E-state index is 11.8. The predicted molar refractivity (Wildman–Crippen MR) is 87.3 cm³/mol. The third kappa shape index (κ3) is 2.90. The van der Waals surface area contributed by atoms with Crippen molar-refractivity contribution < 1.29 is 13.9 Å². The van der Waals surface area contributed by atoms with Crippen molar-refractivity contribution in [3.8, 4) is 0 Å². The fraction of sp³-hybridized carbons (Fsp3) is 0.222. The number of benzene rings is 2. The van der Waals surface area contributed by atoms with E-state index in [4.69, 9.17) is 9.15 Å². The van der Waals surface area contributed by atoms with Gasteiger partial charge in [-0.3, -0.25) is 0 Å². The summed E-state index contributed by atoms with van der Waals surface area (Å²) in [5.74, 6) is 0.368. The van der Waals surface area contributed by atoms with Gasteiger partial charge in [-0.15, -0.1) is 0 Å². The largest absolute Gasteiger partial charge is 0.436 e. The molecule has 0 saturated heterocycles. The van der Waals surface area contributed by atoms with Crippen molar-refractivity contribution in [2.75, 3.05) is 7.05 Å². The van der Waals surface area contributed by atoms with Crippen LogP contribution >= 0.6 is 0 Å². The van der Waals surface area contributed by atoms with E-state index in [0.29, 0.717) is 11.5 Å². The number of nitrogens with zero attached hydrogens (tertiary/aromatic N) is 1. The zero-order chi connectivity index (χ0) is 16.4. The topological polar surface area (TPSA) is 64.4 Å². The number of carbonyl (C=O) groups is 1. The molecule has 5 heteroatoms. The third-order valence-electron chi connectivity index (χ3n) is 3.77. The molecule has 118 valence electrons. The van der Waals surface area contributed by atoms with Crippen LogP contribution in [0.2, 0.25) is 0 Å². The SMILES string of the molecule is CNC(=O)OC(c1nc2ccccc2o1)c1c(C)cccc1C. The van der Waals surface area contributed by atoms with Crippen molar-refractivity contribution in [3.05, 3.63) is 65.0 Å². The molecule has 1 amide bonds. The number of aryl methyl sites for hydroxylation is 2. The molecule has 1 atom stereocenters. The van der Waals surface area contributed by atoms with Crippen LogP contribution in [0.4, 0.5) is 4.79 Å². The van der Waals surface area contributed by atoms with Crippen LogP contribution in [0, 0.1) is 13.8 Å². The van der Waals surface area contributed by atoms with Crippen LogP contribution < -0.4 is 5.32 Å². The van der Waals surface area contributed by atoms with Gasteiger partial charge in [-0.05, 0) is 37.1 Å². The zero-order valence-corrected chi connectivity index (χ0v) is 13.3. The molecule has 1 unspecified atom stereocenters. The minimum absolute atomic E-state index is 0.368. The number of ether oxygens (including phenoxy) is 1. The van der Waals surface area contributed by atoms with E-state index in [-0.39, 0.29) is 0 Å². The number of rotatable bonds is 3. The lowest BCUT2D eigenvalue weighted by Crippen LogP contribution is -2.23. The minimum Gasteiger partial charge on any atom is -0.436 e. The van der Waals surface area contributed by atoms with E-state index < -0.39 is 12.2 Å². The Hall–Kier alpha value is -2.82. The molecule has 3 aromatic rings. The van der Waals surface area contributed by atoms with Crippen molar-refractivity contribution in [2.24, 2.45) is 0 Å². The number of amides is 1. The Balaban J connectivity index is 2.13. The number of alkyl carbamates (subject to hydrolysis) is 1. The van der Waals surface area contributed by atoms with Gasteiger partial charge < -0.3 is 14.5 Å². The van der Waals surface area contributed by atoms with Gasteiger partial charge >= 0.3 is 6.09 Å². The van der Waals surface area contributed by atoms with E-state index >= 15 is 0 Å². The summed E-state index contributed by atoms with van der Waals surface area (Å²) >= 11 is 0. The number of para-hydroxylation sites is 2. The van der Waals surface area contributed by atoms with E-state index in [0.717, 1.165) is 22.2 Å². The highest BCUT2D eigenvalue weighted by atomic mass is 16.6. The Kier molecular flexibility index (Phi) is 4.02. The molecule has 1 aromatic heterocycles. The zero-order valence-electron chi connectivity index (χ0n) is 13.3. The number of fused-ring (bicyclic) bond motifs is 1. The molecule has 3 rings (SSSR count). The first-order valence-electron chi connectivity index (χ1n) is 7.40. The van der Waals surface area contributed by atoms with Crippen molar-refractivity contribution in [1.29, 1.82) is 0 Å². The fourth-order valence-electron chi connectivity index (χ4n) is 2.64. The second-order valence-corrected chi connectivity index (χ2v) is 5.36. The maximum Gasteiger partial charge on any atom is 0.408 e. The number of aromatic nitrogens is 1. The lowest BCUT2D eigenvalue weighted by molar-refractivity contribution is 0.105. The first-order chi connectivity index (χ1) is 11.1. The standard InChI is InChI=1S/C18H18N2O3/c1-11-7-6-8-12(2)15(11)16(23-18(21)19-3)17-20-13-9-4-5-10-14(13)22-17/h4-10,16H,1-3H3,(H,19,21). The van der Waals surface area contributed by atoms with Crippen molar-refractivity contribution >= 4 is 17.2 Å². The van der Waals surface area contributed by atoms with Crippen LogP contribution in [-0.4, -0.2) is 18.1 Å². The Morgan fingerprint density at radius 1 is 1.13 bits per heavy atom. The van der Waals surface area contributed by atoms with Crippen LogP contribution in [0.25, 0.3) is 11.1 Å². The molecule has 0 aliphatic rings. The number of nitrogens with one attached hydrogen (secondary N) is 1. The van der Waals surface area contributed by atoms with Gasteiger partial charge in [0, 0.05) is 12.6 Å². The highest BCUT2D eigenvalue weighted by Gasteiger charge is 2.27. The number of hydrogen-bond acceptors (Lipinski definition) is 4. The van der Waals surface area contributed by atoms with Crippen LogP contribution in [0.3, 0.4) is 0 Å². The number of hydrogen-bond donors (Lipinski definition) is 1. The molecule has 0 aliphatic heterocycles. The lowest BCUT2D eigenvalue weighted by atomic mass is 9.98. The van der Waals surface area contributed by atoms with E-state index in [2.05, 4.69) is 10.3 Å². The van der Waals surface area contributed by atoms with E-state index in [9.17, 15) is 4.79 Å². The summed E-state index contributed by atoms with van der Waals surface area (Å²) in [7, 11) is 1.52. The van der Waals surface area contributed by atoms with Gasteiger partial charge in [0.25, 0.3) is 0 Å². The average Bonchev–Trinajstić information content (AvgIpc) is 2.97. The summed E-state index contributed by atoms with van der Waals surface area (Å²) < 4.78 is 11.4. The molecular formula is C18H18N2O3. The lowest BCUT2D eigenvalue weighted by Gasteiger charge is -2.19. The molecule has 0 spiro atoms. The summed E-state index contributed by atoms with van der Waals surface area (Å²) in [6, 6.07) is 13.4. The molecule has 0 saturated carbocycles. The highest BCUT2D eigenvalue weighted by molar-refractivity contribution is 5.72. The number of carbonyl (C=O) groups excluding carboxylic acids is 1. The summed E-state index contributed by atoms with van der Waals surface area (Å²) in [5, 5.41) is 2.48. The normalized spacial score (nSPS) is 12.1. The van der Waals surface area contributed by atoms with Gasteiger partial charge in [0.1, 0.15) is 5.52 Å². The van der Waals surface area contributed by atoms with E-state index in [1.165, 1.54) is 7.05 Å². The second-order valence-electron chi connectivity index (χ2n) is 5.36. The van der Waals surface area contributed by atoms with E-state index in [1.54, 1.807) is 0 Å². The van der Waals surface area contributed by atoms with Crippen LogP contribution in [0.15, 0.2) is 46.9 Å². The molecule has 0 fully saturated rings. The van der Waals surface area contributed by atoms with Crippen molar-refractivity contribution in [3.63, 3.8) is 0 Å². The van der Waals surface area contributed by atoms with Crippen LogP contribution in [-0.2, 0) is 4.74 Å². The number of oxazole rings is 1. The molecule has 1 N–H and O–H groups in total. The Labute approximate surface area is 134 Å². The Morgan fingerprint density at radius 3 is 2.48 bits per heavy atom. The monoisotopic (exact) mass is 310 g/mol. The van der Waals surface area contributed by atoms with Crippen molar-refractivity contribution in [1.82, 2.24) is 10.3 Å². The molecule has 2 aromatic carbocycles. The molecule has 23 heavy (non-hydrogen) atoms. The van der Waals surface area contributed by atoms with Gasteiger partial charge in [-0.25, -0.2) is 9.78 Å². The first-order valence-corrected chi connectivity index (χ1v) is 7.40. The van der Waals surface area contributed by atoms with Gasteiger partial charge in [-0.1, -0.05) is 30.3 Å². The summed E-state index contributed by atoms with van der Waals surface area (Å²) in [6.45, 7) is 3.95. The van der Waals surface area contributed by atoms with Gasteiger partial charge in [0.15, 0.2) is 5.58 Å². The summed E-state index contributed by atoms with van der Waals surface area (Å²) in [6.07, 6.45) is -1.22. The smallest absolute Gasteiger partial charge is 0.408 e. The van der Waals surface area contributed by atoms with E-state index in [1.807, 2.05) is 56.3 Å². The van der Waals surface area contributed by atoms with Crippen LogP contribution in [0.1, 0.15) is 28.7 Å². The van der Waals surface area contributed by atoms with Gasteiger partial charge in [0.05, 0.1) is 0 Å². The molecular weight excluding hydrogens is 292 g/mol. The first kappa shape index (κ1) is 15.1. The predicted octanol–water partition coefficient (Wildman–Crippen LogP) is 3.89. The van der Waals surface area contributed by atoms with Gasteiger partial charge in [-0.2, -0.15) is 0 Å². The molecule has 0 bridgehead atoms. The molecule has 0 radical (unpaired) electrons. The second kappa shape index (κ2) is 6.12. The summed E-state index contributed by atoms with van der Waals surface area (Å²) in [5.41, 5.74) is 4.32. The van der Waals surface area contributed by atoms with Crippen LogP contribution in [0.5, 0.6) is 0 Å². The molecule has 1 heterocycles. The molecule has 5 nitrogen and oxygen atoms in total. The Bertz CT molecular complexity index is 801. The summed E-state index contributed by atoms with van der Waals surface area (Å²) in [4.78, 5) is 16.3. The molecule has 0 aliphatic carbocycles. The fourth-order valence-corrected chi connectivity index (χ4v) is 2.64. The Morgan fingerprint density at radius 2 is 1.83 bits per heavy atom.